The maximum Gasteiger partial charge on any atom is 0.326 e. The van der Waals surface area contributed by atoms with Gasteiger partial charge in [-0.25, -0.2) is 4.79 Å². The van der Waals surface area contributed by atoms with E-state index in [4.69, 9.17) is 40.1 Å². The zero-order valence-corrected chi connectivity index (χ0v) is 61.7. The number of aliphatic carboxylic acids is 3. The average Bonchev–Trinajstić information content (AvgIpc) is 0.856. The van der Waals surface area contributed by atoms with Crippen molar-refractivity contribution in [3.8, 4) is 0 Å². The van der Waals surface area contributed by atoms with Crippen molar-refractivity contribution in [1.82, 2.24) is 63.8 Å². The summed E-state index contributed by atoms with van der Waals surface area (Å²) in [6.07, 6.45) is -6.65. The molecule has 0 aliphatic rings. The summed E-state index contributed by atoms with van der Waals surface area (Å²) in [7, 11) is 0. The van der Waals surface area contributed by atoms with Gasteiger partial charge in [-0.05, 0) is 68.1 Å². The lowest BCUT2D eigenvalue weighted by Crippen LogP contribution is -2.62. The third-order valence-corrected chi connectivity index (χ3v) is 16.3. The van der Waals surface area contributed by atoms with E-state index in [1.165, 1.54) is 6.92 Å². The minimum Gasteiger partial charge on any atom is -0.481 e. The van der Waals surface area contributed by atoms with Gasteiger partial charge in [0, 0.05) is 19.4 Å². The summed E-state index contributed by atoms with van der Waals surface area (Å²) in [4.78, 5) is 255. The number of aliphatic imine (C=N–C) groups is 1. The van der Waals surface area contributed by atoms with Crippen molar-refractivity contribution in [1.29, 1.82) is 0 Å². The second-order valence-corrected chi connectivity index (χ2v) is 26.9. The number of carbonyl (C=O) groups is 19. The van der Waals surface area contributed by atoms with E-state index >= 15 is 0 Å². The van der Waals surface area contributed by atoms with Crippen molar-refractivity contribution in [3.63, 3.8) is 0 Å². The molecule has 30 N–H and O–H groups in total. The molecular formula is C64H110N20O23. The molecule has 0 radical (unpaired) electrons. The van der Waals surface area contributed by atoms with E-state index in [0.29, 0.717) is 0 Å². The number of hydrogen-bond acceptors (Lipinski definition) is 22. The van der Waals surface area contributed by atoms with Gasteiger partial charge in [-0.1, -0.05) is 82.1 Å². The number of aliphatic hydroxyl groups is 1. The number of carboxylic acid groups (broad SMARTS) is 3. The summed E-state index contributed by atoms with van der Waals surface area (Å²) in [6.45, 7) is 14.6. The molecule has 43 heteroatoms. The first-order chi connectivity index (χ1) is 49.7. The van der Waals surface area contributed by atoms with Crippen LogP contribution in [0, 0.1) is 29.6 Å². The van der Waals surface area contributed by atoms with E-state index in [-0.39, 0.29) is 56.9 Å². The zero-order valence-electron chi connectivity index (χ0n) is 61.7. The van der Waals surface area contributed by atoms with E-state index in [1.807, 2.05) is 5.32 Å². The maximum absolute atomic E-state index is 14.2. The largest absolute Gasteiger partial charge is 0.481 e. The van der Waals surface area contributed by atoms with Crippen LogP contribution >= 0.6 is 0 Å². The van der Waals surface area contributed by atoms with Crippen molar-refractivity contribution in [3.05, 3.63) is 0 Å². The van der Waals surface area contributed by atoms with Crippen molar-refractivity contribution in [2.75, 3.05) is 13.2 Å². The van der Waals surface area contributed by atoms with E-state index in [2.05, 4.69) is 63.5 Å². The average molecular weight is 1530 g/mol. The van der Waals surface area contributed by atoms with Gasteiger partial charge in [-0.2, -0.15) is 0 Å². The lowest BCUT2D eigenvalue weighted by atomic mass is 9.95. The maximum atomic E-state index is 14.2. The molecule has 1 unspecified atom stereocenters. The molecule has 0 fully saturated rings. The first kappa shape index (κ1) is 96.1. The number of hydrogen-bond donors (Lipinski definition) is 23. The molecule has 0 aliphatic carbocycles. The van der Waals surface area contributed by atoms with Gasteiger partial charge >= 0.3 is 17.9 Å². The highest BCUT2D eigenvalue weighted by Gasteiger charge is 2.40. The lowest BCUT2D eigenvalue weighted by molar-refractivity contribution is -0.143. The standard InChI is InChI=1S/C64H110N20O23/c1-11-30(9)49(83-53(96)33(15-17-42(66)86)74-61(104)50(31(10)12-2)84-60(103)48(29(7)8)82-51(94)32(65)22-43(67)87)62(105)81-41(26-85)59(102)79-39(24-45(69)89)57(100)80-40(25-47(92)93)58(101)77-36(20-27(3)4)54(97)73-34(16-18-46(90)91)52(95)78-38(23-44(68)88)56(99)76-37(21-28(5)6)55(98)75-35(63(106)107)14-13-19-72-64(70)71/h27-41,48-50,85H,11-26,65H2,1-10H3,(H2,66,86)(H2,67,87)(H2,68,88)(H2,69,89)(H,73,97)(H,74,104)(H,75,98)(H,76,99)(H,77,101)(H,78,95)(H,79,102)(H,80,100)(H,81,105)(H,82,94)(H,83,96)(H,84,103)(H,90,91)(H,92,93)(H,106,107)(H4,70,71,72)/t30-,31-,32-,33-,34-,35?,36-,37-,38-,39-,40-,41-,48-,49-,50-/m0/s1. The highest BCUT2D eigenvalue weighted by Crippen LogP contribution is 2.16. The summed E-state index contributed by atoms with van der Waals surface area (Å²) in [6, 6.07) is -22.6. The van der Waals surface area contributed by atoms with E-state index < -0.39 is 273 Å². The molecule has 604 valence electrons. The molecule has 0 bridgehead atoms. The lowest BCUT2D eigenvalue weighted by Gasteiger charge is -2.31. The molecule has 0 aromatic carbocycles. The Morgan fingerprint density at radius 1 is 0.346 bits per heavy atom. The third kappa shape index (κ3) is 37.6. The Morgan fingerprint density at radius 2 is 0.673 bits per heavy atom. The summed E-state index contributed by atoms with van der Waals surface area (Å²) < 4.78 is 0. The molecule has 43 nitrogen and oxygen atoms in total. The number of primary amides is 4. The molecular weight excluding hydrogens is 1420 g/mol. The number of rotatable bonds is 53. The number of amides is 16. The Kier molecular flexibility index (Phi) is 43.4. The van der Waals surface area contributed by atoms with E-state index in [0.717, 1.165) is 0 Å². The molecule has 0 spiro atoms. The van der Waals surface area contributed by atoms with Crippen LogP contribution in [0.15, 0.2) is 4.99 Å². The summed E-state index contributed by atoms with van der Waals surface area (Å²) in [5.41, 5.74) is 37.8. The van der Waals surface area contributed by atoms with Crippen LogP contribution in [0.3, 0.4) is 0 Å². The summed E-state index contributed by atoms with van der Waals surface area (Å²) in [5, 5.41) is 67.5. The minimum atomic E-state index is -2.20. The van der Waals surface area contributed by atoms with Crippen LogP contribution in [0.1, 0.15) is 159 Å². The first-order valence-corrected chi connectivity index (χ1v) is 34.6. The summed E-state index contributed by atoms with van der Waals surface area (Å²) >= 11 is 0. The van der Waals surface area contributed by atoms with Crippen molar-refractivity contribution in [2.45, 2.75) is 238 Å². The molecule has 0 aliphatic heterocycles. The highest BCUT2D eigenvalue weighted by molar-refractivity contribution is 6.02. The van der Waals surface area contributed by atoms with Crippen LogP contribution in [-0.2, 0) is 91.1 Å². The predicted octanol–water partition coefficient (Wildman–Crippen LogP) is -8.67. The fourth-order valence-electron chi connectivity index (χ4n) is 10.1. The van der Waals surface area contributed by atoms with Crippen LogP contribution in [0.25, 0.3) is 0 Å². The van der Waals surface area contributed by atoms with Crippen LogP contribution in [0.5, 0.6) is 0 Å². The van der Waals surface area contributed by atoms with Crippen molar-refractivity contribution < 1.29 is 112 Å². The fraction of sp³-hybridized carbons (Fsp3) is 0.688. The Morgan fingerprint density at radius 3 is 1.04 bits per heavy atom. The molecule has 0 aromatic rings. The van der Waals surface area contributed by atoms with Crippen LogP contribution < -0.4 is 104 Å². The van der Waals surface area contributed by atoms with Gasteiger partial charge in [-0.3, -0.25) is 91.3 Å². The molecule has 0 saturated heterocycles. The van der Waals surface area contributed by atoms with E-state index in [1.54, 1.807) is 62.3 Å². The number of guanidine groups is 1. The normalized spacial score (nSPS) is 15.3. The minimum absolute atomic E-state index is 0.00543. The number of nitrogens with two attached hydrogens (primary N) is 7. The van der Waals surface area contributed by atoms with Gasteiger partial charge in [0.2, 0.25) is 94.5 Å². The molecule has 107 heavy (non-hydrogen) atoms. The number of nitrogens with one attached hydrogen (secondary N) is 12. The molecule has 15 atom stereocenters. The number of aliphatic hydroxyl groups excluding tert-OH is 1. The monoisotopic (exact) mass is 1530 g/mol. The molecule has 0 rings (SSSR count). The van der Waals surface area contributed by atoms with Crippen LogP contribution in [0.4, 0.5) is 0 Å². The third-order valence-electron chi connectivity index (χ3n) is 16.3. The molecule has 0 heterocycles. The second kappa shape index (κ2) is 48.3. The highest BCUT2D eigenvalue weighted by atomic mass is 16.4. The topological polar surface area (TPSA) is 744 Å². The summed E-state index contributed by atoms with van der Waals surface area (Å²) in [5.74, 6) is -26.5. The Labute approximate surface area is 617 Å². The van der Waals surface area contributed by atoms with Crippen molar-refractivity contribution >= 4 is 118 Å². The molecule has 0 aromatic heterocycles. The fourth-order valence-corrected chi connectivity index (χ4v) is 10.1. The second-order valence-electron chi connectivity index (χ2n) is 26.9. The zero-order chi connectivity index (χ0) is 82.4. The smallest absolute Gasteiger partial charge is 0.326 e. The SMILES string of the molecule is CC[C@H](C)[C@H](NC(=O)[C@H](CCC(N)=O)NC(=O)[C@@H](NC(=O)[C@@H](NC(=O)[C@@H](N)CC(N)=O)C(C)C)[C@@H](C)CC)C(=O)N[C@@H](CO)C(=O)N[C@@H](CC(N)=O)C(=O)N[C@@H](CC(=O)O)C(=O)N[C@@H](CC(C)C)C(=O)N[C@@H](CCC(=O)O)C(=O)N[C@@H](CC(N)=O)C(=O)N[C@@H](CC(C)C)C(=O)NC(CCCN=C(N)N)C(=O)O. The number of carboxylic acids is 3. The Balaban J connectivity index is 7.05. The Hall–Kier alpha value is -10.9. The van der Waals surface area contributed by atoms with Crippen molar-refractivity contribution in [2.24, 2.45) is 74.7 Å². The number of nitrogens with zero attached hydrogens (tertiary/aromatic N) is 1. The Bertz CT molecular complexity index is 3190. The first-order valence-electron chi connectivity index (χ1n) is 34.6. The predicted molar refractivity (Wildman–Crippen MR) is 377 cm³/mol. The van der Waals surface area contributed by atoms with Crippen LogP contribution in [0.2, 0.25) is 0 Å². The van der Waals surface area contributed by atoms with Gasteiger partial charge in [-0.15, -0.1) is 0 Å². The van der Waals surface area contributed by atoms with Gasteiger partial charge < -0.3 is 124 Å². The molecule has 0 saturated carbocycles. The van der Waals surface area contributed by atoms with E-state index in [9.17, 15) is 112 Å². The number of carbonyl (C=O) groups excluding carboxylic acids is 16. The van der Waals surface area contributed by atoms with Gasteiger partial charge in [0.05, 0.1) is 38.3 Å². The van der Waals surface area contributed by atoms with Gasteiger partial charge in [0.1, 0.15) is 72.5 Å². The quantitative estimate of drug-likeness (QED) is 0.0153. The van der Waals surface area contributed by atoms with Crippen LogP contribution in [-0.4, -0.2) is 231 Å². The van der Waals surface area contributed by atoms with Gasteiger partial charge in [0.15, 0.2) is 5.96 Å². The molecule has 16 amide bonds. The van der Waals surface area contributed by atoms with Gasteiger partial charge in [0.25, 0.3) is 0 Å².